The van der Waals surface area contributed by atoms with Crippen LogP contribution in [0, 0.1) is 6.92 Å². The van der Waals surface area contributed by atoms with Gasteiger partial charge in [0.25, 0.3) is 0 Å². The van der Waals surface area contributed by atoms with Crippen LogP contribution in [0.3, 0.4) is 0 Å². The average molecular weight is 629 g/mol. The van der Waals surface area contributed by atoms with E-state index in [-0.39, 0.29) is 6.04 Å². The van der Waals surface area contributed by atoms with E-state index in [2.05, 4.69) is 189 Å². The van der Waals surface area contributed by atoms with E-state index in [4.69, 9.17) is 4.98 Å². The molecule has 240 valence electrons. The molecule has 5 aromatic carbocycles. The molecule has 0 spiro atoms. The topological polar surface area (TPSA) is 34.8 Å². The number of nitrogens with zero attached hydrogens (tertiary/aromatic N) is 3. The summed E-state index contributed by atoms with van der Waals surface area (Å²) in [7, 11) is 0. The lowest BCUT2D eigenvalue weighted by atomic mass is 9.90. The molecule has 0 aliphatic heterocycles. The lowest BCUT2D eigenvalue weighted by Gasteiger charge is -2.28. The summed E-state index contributed by atoms with van der Waals surface area (Å²) in [5.41, 5.74) is 11.0. The van der Waals surface area contributed by atoms with Crippen LogP contribution in [0.1, 0.15) is 79.3 Å². The van der Waals surface area contributed by atoms with Crippen LogP contribution in [0.2, 0.25) is 0 Å². The van der Waals surface area contributed by atoms with E-state index in [1.165, 1.54) is 44.5 Å². The van der Waals surface area contributed by atoms with E-state index >= 15 is 0 Å². The van der Waals surface area contributed by atoms with Crippen LogP contribution < -0.4 is 5.32 Å². The molecule has 1 unspecified atom stereocenters. The summed E-state index contributed by atoms with van der Waals surface area (Å²) in [5, 5.41) is 5.38. The van der Waals surface area contributed by atoms with Gasteiger partial charge < -0.3 is 9.88 Å². The Hall–Kier alpha value is -5.35. The monoisotopic (exact) mass is 628 g/mol. The van der Waals surface area contributed by atoms with Crippen molar-refractivity contribution in [3.8, 4) is 16.9 Å². The standard InChI is InChI=1S/C44H44N4/c1-30(2)36-24-16-25-37(31(3)4)42(36)46-43(39-23-14-13-22-38(39)34-19-10-7-11-20-34)44-45-41(29-47(44)28-33-17-8-6-9-18-33)48-32(5)27-35-21-12-15-26-40(35)48/h6-27,29-31,43,46H,28H2,1-5H3. The van der Waals surface area contributed by atoms with Crippen LogP contribution in [0.15, 0.2) is 140 Å². The van der Waals surface area contributed by atoms with Gasteiger partial charge in [-0.05, 0) is 64.3 Å². The van der Waals surface area contributed by atoms with Crippen molar-refractivity contribution >= 4 is 16.6 Å². The van der Waals surface area contributed by atoms with E-state index in [0.29, 0.717) is 18.4 Å². The molecule has 7 rings (SSSR count). The first-order chi connectivity index (χ1) is 23.4. The first-order valence-electron chi connectivity index (χ1n) is 17.1. The number of aromatic nitrogens is 3. The highest BCUT2D eigenvalue weighted by Crippen LogP contribution is 2.40. The molecule has 0 bridgehead atoms. The van der Waals surface area contributed by atoms with Gasteiger partial charge in [-0.15, -0.1) is 0 Å². The number of fused-ring (bicyclic) bond motifs is 1. The second-order valence-electron chi connectivity index (χ2n) is 13.4. The third-order valence-corrected chi connectivity index (χ3v) is 9.39. The SMILES string of the molecule is Cc1cc2ccccc2n1-c1cn(Cc2ccccc2)c(C(Nc2c(C(C)C)cccc2C(C)C)c2ccccc2-c2ccccc2)n1. The van der Waals surface area contributed by atoms with E-state index < -0.39 is 0 Å². The molecule has 2 aromatic heterocycles. The molecule has 0 radical (unpaired) electrons. The van der Waals surface area contributed by atoms with Crippen LogP contribution in [-0.2, 0) is 6.54 Å². The molecular weight excluding hydrogens is 585 g/mol. The Morgan fingerprint density at radius 1 is 0.646 bits per heavy atom. The number of anilines is 1. The molecule has 1 atom stereocenters. The van der Waals surface area contributed by atoms with Gasteiger partial charge in [-0.25, -0.2) is 4.98 Å². The minimum atomic E-state index is -0.238. The second kappa shape index (κ2) is 13.4. The number of imidazole rings is 1. The van der Waals surface area contributed by atoms with Gasteiger partial charge in [0.2, 0.25) is 0 Å². The van der Waals surface area contributed by atoms with Crippen molar-refractivity contribution in [2.75, 3.05) is 5.32 Å². The van der Waals surface area contributed by atoms with Crippen LogP contribution in [-0.4, -0.2) is 14.1 Å². The summed E-state index contributed by atoms with van der Waals surface area (Å²) in [6.45, 7) is 12.0. The number of benzene rings is 5. The fraction of sp³-hybridized carbons (Fsp3) is 0.205. The zero-order chi connectivity index (χ0) is 33.2. The van der Waals surface area contributed by atoms with E-state index in [0.717, 1.165) is 22.9 Å². The van der Waals surface area contributed by atoms with Gasteiger partial charge in [0.05, 0.1) is 5.52 Å². The Bertz CT molecular complexity index is 2130. The summed E-state index contributed by atoms with van der Waals surface area (Å²) in [4.78, 5) is 5.58. The average Bonchev–Trinajstić information content (AvgIpc) is 3.67. The Morgan fingerprint density at radius 3 is 1.96 bits per heavy atom. The molecule has 4 heteroatoms. The van der Waals surface area contributed by atoms with Crippen LogP contribution >= 0.6 is 0 Å². The summed E-state index contributed by atoms with van der Waals surface area (Å²) in [6.07, 6.45) is 2.24. The Morgan fingerprint density at radius 2 is 1.25 bits per heavy atom. The highest BCUT2D eigenvalue weighted by Gasteiger charge is 2.28. The summed E-state index contributed by atoms with van der Waals surface area (Å²) < 4.78 is 4.65. The van der Waals surface area contributed by atoms with Gasteiger partial charge in [-0.2, -0.15) is 0 Å². The highest BCUT2D eigenvalue weighted by atomic mass is 15.2. The molecule has 0 aliphatic carbocycles. The first kappa shape index (κ1) is 31.3. The van der Waals surface area contributed by atoms with Gasteiger partial charge in [0.1, 0.15) is 11.9 Å². The molecule has 48 heavy (non-hydrogen) atoms. The Kier molecular flexibility index (Phi) is 8.73. The third kappa shape index (κ3) is 6.06. The zero-order valence-corrected chi connectivity index (χ0v) is 28.6. The van der Waals surface area contributed by atoms with Gasteiger partial charge in [0.15, 0.2) is 5.82 Å². The summed E-state index contributed by atoms with van der Waals surface area (Å²) >= 11 is 0. The van der Waals surface area contributed by atoms with Crippen molar-refractivity contribution in [2.45, 2.75) is 59.0 Å². The van der Waals surface area contributed by atoms with Crippen molar-refractivity contribution in [1.29, 1.82) is 0 Å². The molecule has 0 aliphatic rings. The van der Waals surface area contributed by atoms with E-state index in [1.807, 2.05) is 0 Å². The molecular formula is C44H44N4. The van der Waals surface area contributed by atoms with Crippen LogP contribution in [0.5, 0.6) is 0 Å². The fourth-order valence-corrected chi connectivity index (χ4v) is 7.03. The number of aryl methyl sites for hydroxylation is 1. The predicted octanol–water partition coefficient (Wildman–Crippen LogP) is 11.3. The summed E-state index contributed by atoms with van der Waals surface area (Å²) in [6, 6.07) is 47.6. The molecule has 7 aromatic rings. The minimum Gasteiger partial charge on any atom is -0.371 e. The number of hydrogen-bond donors (Lipinski definition) is 1. The Labute approximate surface area is 284 Å². The van der Waals surface area contributed by atoms with Crippen molar-refractivity contribution < 1.29 is 0 Å². The minimum absolute atomic E-state index is 0.238. The maximum Gasteiger partial charge on any atom is 0.156 e. The molecule has 0 amide bonds. The molecule has 0 saturated heterocycles. The third-order valence-electron chi connectivity index (χ3n) is 9.39. The van der Waals surface area contributed by atoms with E-state index in [9.17, 15) is 0 Å². The molecule has 0 saturated carbocycles. The summed E-state index contributed by atoms with van der Waals surface area (Å²) in [5.74, 6) is 2.60. The zero-order valence-electron chi connectivity index (χ0n) is 28.6. The second-order valence-corrected chi connectivity index (χ2v) is 13.4. The van der Waals surface area contributed by atoms with Crippen molar-refractivity contribution in [3.05, 3.63) is 173 Å². The van der Waals surface area contributed by atoms with E-state index in [1.54, 1.807) is 0 Å². The predicted molar refractivity (Wildman–Crippen MR) is 201 cm³/mol. The Balaban J connectivity index is 1.50. The van der Waals surface area contributed by atoms with Crippen molar-refractivity contribution in [2.24, 2.45) is 0 Å². The molecule has 2 heterocycles. The van der Waals surface area contributed by atoms with Crippen LogP contribution in [0.4, 0.5) is 5.69 Å². The van der Waals surface area contributed by atoms with Crippen LogP contribution in [0.25, 0.3) is 27.8 Å². The first-order valence-corrected chi connectivity index (χ1v) is 17.1. The normalized spacial score (nSPS) is 12.2. The van der Waals surface area contributed by atoms with Crippen molar-refractivity contribution in [3.63, 3.8) is 0 Å². The number of para-hydroxylation sites is 2. The van der Waals surface area contributed by atoms with Gasteiger partial charge in [-0.3, -0.25) is 4.57 Å². The maximum atomic E-state index is 5.58. The largest absolute Gasteiger partial charge is 0.371 e. The molecule has 1 N–H and O–H groups in total. The fourth-order valence-electron chi connectivity index (χ4n) is 7.03. The van der Waals surface area contributed by atoms with Gasteiger partial charge in [-0.1, -0.05) is 149 Å². The smallest absolute Gasteiger partial charge is 0.156 e. The number of rotatable bonds is 10. The number of hydrogen-bond acceptors (Lipinski definition) is 2. The highest BCUT2D eigenvalue weighted by molar-refractivity contribution is 5.83. The van der Waals surface area contributed by atoms with Crippen molar-refractivity contribution in [1.82, 2.24) is 14.1 Å². The molecule has 4 nitrogen and oxygen atoms in total. The lowest BCUT2D eigenvalue weighted by molar-refractivity contribution is 0.693. The lowest BCUT2D eigenvalue weighted by Crippen LogP contribution is -2.21. The quantitative estimate of drug-likeness (QED) is 0.164. The maximum absolute atomic E-state index is 5.58. The molecule has 0 fully saturated rings. The van der Waals surface area contributed by atoms with Gasteiger partial charge in [0, 0.05) is 29.5 Å². The van der Waals surface area contributed by atoms with Gasteiger partial charge >= 0.3 is 0 Å². The number of nitrogens with one attached hydrogen (secondary N) is 1.